The zero-order valence-electron chi connectivity index (χ0n) is 11.8. The smallest absolute Gasteiger partial charge is 0.135 e. The van der Waals surface area contributed by atoms with E-state index in [9.17, 15) is 0 Å². The van der Waals surface area contributed by atoms with Crippen molar-refractivity contribution in [1.29, 1.82) is 0 Å². The van der Waals surface area contributed by atoms with E-state index in [1.54, 1.807) is 7.11 Å². The summed E-state index contributed by atoms with van der Waals surface area (Å²) in [6, 6.07) is 7.87. The van der Waals surface area contributed by atoms with Crippen molar-refractivity contribution < 1.29 is 18.6 Å². The Hall–Kier alpha value is -1.40. The summed E-state index contributed by atoms with van der Waals surface area (Å²) in [6.45, 7) is 3.10. The quantitative estimate of drug-likeness (QED) is 0.712. The first-order valence-corrected chi connectivity index (χ1v) is 6.70. The first-order chi connectivity index (χ1) is 9.86. The van der Waals surface area contributed by atoms with Crippen LogP contribution in [0.4, 0.5) is 0 Å². The van der Waals surface area contributed by atoms with Gasteiger partial charge in [-0.2, -0.15) is 0 Å². The van der Waals surface area contributed by atoms with Gasteiger partial charge >= 0.3 is 0 Å². The van der Waals surface area contributed by atoms with Crippen molar-refractivity contribution in [2.75, 3.05) is 33.5 Å². The number of methoxy groups -OCH3 is 1. The lowest BCUT2D eigenvalue weighted by Crippen LogP contribution is -2.09. The highest BCUT2D eigenvalue weighted by atomic mass is 16.5. The zero-order chi connectivity index (χ0) is 14.2. The van der Waals surface area contributed by atoms with E-state index in [0.717, 1.165) is 22.3 Å². The second kappa shape index (κ2) is 8.01. The molecule has 0 unspecified atom stereocenters. The number of fused-ring (bicyclic) bond motifs is 1. The fourth-order valence-corrected chi connectivity index (χ4v) is 2.02. The summed E-state index contributed by atoms with van der Waals surface area (Å²) in [5.74, 6) is 0.797. The van der Waals surface area contributed by atoms with Crippen molar-refractivity contribution in [3.63, 3.8) is 0 Å². The lowest BCUT2D eigenvalue weighted by Gasteiger charge is -2.05. The molecule has 0 saturated carbocycles. The van der Waals surface area contributed by atoms with Crippen LogP contribution in [0.2, 0.25) is 0 Å². The second-order valence-electron chi connectivity index (χ2n) is 4.36. The number of ether oxygens (including phenoxy) is 3. The molecule has 110 valence electrons. The standard InChI is InChI=1S/C15H21NO4/c1-17-6-7-18-8-9-19-11-15-13(10-16)12-4-2-3-5-14(12)20-15/h2-5H,6-11,16H2,1H3. The van der Waals surface area contributed by atoms with Gasteiger partial charge in [0.2, 0.25) is 0 Å². The summed E-state index contributed by atoms with van der Waals surface area (Å²) in [6.07, 6.45) is 0. The summed E-state index contributed by atoms with van der Waals surface area (Å²) < 4.78 is 21.5. The van der Waals surface area contributed by atoms with Crippen LogP contribution < -0.4 is 5.73 Å². The molecule has 0 radical (unpaired) electrons. The van der Waals surface area contributed by atoms with E-state index in [0.29, 0.717) is 39.6 Å². The minimum Gasteiger partial charge on any atom is -0.458 e. The maximum Gasteiger partial charge on any atom is 0.135 e. The van der Waals surface area contributed by atoms with Crippen LogP contribution in [0, 0.1) is 0 Å². The van der Waals surface area contributed by atoms with Crippen LogP contribution >= 0.6 is 0 Å². The minimum absolute atomic E-state index is 0.412. The largest absolute Gasteiger partial charge is 0.458 e. The van der Waals surface area contributed by atoms with Crippen molar-refractivity contribution in [3.05, 3.63) is 35.6 Å². The van der Waals surface area contributed by atoms with Gasteiger partial charge in [0.25, 0.3) is 0 Å². The molecule has 1 aromatic heterocycles. The van der Waals surface area contributed by atoms with Gasteiger partial charge < -0.3 is 24.4 Å². The summed E-state index contributed by atoms with van der Waals surface area (Å²) in [5.41, 5.74) is 7.66. The van der Waals surface area contributed by atoms with Crippen molar-refractivity contribution in [2.24, 2.45) is 5.73 Å². The van der Waals surface area contributed by atoms with Gasteiger partial charge in [-0.3, -0.25) is 0 Å². The molecule has 5 heteroatoms. The van der Waals surface area contributed by atoms with Gasteiger partial charge in [-0.1, -0.05) is 18.2 Å². The number of benzene rings is 1. The summed E-state index contributed by atoms with van der Waals surface area (Å²) in [4.78, 5) is 0. The van der Waals surface area contributed by atoms with Crippen LogP contribution in [-0.4, -0.2) is 33.5 Å². The fourth-order valence-electron chi connectivity index (χ4n) is 2.02. The number of hydrogen-bond acceptors (Lipinski definition) is 5. The highest BCUT2D eigenvalue weighted by Gasteiger charge is 2.12. The molecule has 0 spiro atoms. The Kier molecular flexibility index (Phi) is 6.01. The van der Waals surface area contributed by atoms with E-state index >= 15 is 0 Å². The molecular weight excluding hydrogens is 258 g/mol. The number of para-hydroxylation sites is 1. The highest BCUT2D eigenvalue weighted by Crippen LogP contribution is 2.25. The Morgan fingerprint density at radius 1 is 1.05 bits per heavy atom. The SMILES string of the molecule is COCCOCCOCc1oc2ccccc2c1CN. The Morgan fingerprint density at radius 2 is 1.80 bits per heavy atom. The van der Waals surface area contributed by atoms with E-state index in [4.69, 9.17) is 24.4 Å². The van der Waals surface area contributed by atoms with Crippen LogP contribution in [0.25, 0.3) is 11.0 Å². The van der Waals surface area contributed by atoms with Crippen LogP contribution in [0.5, 0.6) is 0 Å². The van der Waals surface area contributed by atoms with Crippen molar-refractivity contribution in [3.8, 4) is 0 Å². The van der Waals surface area contributed by atoms with Crippen LogP contribution in [-0.2, 0) is 27.4 Å². The maximum atomic E-state index is 5.79. The topological polar surface area (TPSA) is 66.8 Å². The number of rotatable bonds is 9. The molecule has 0 amide bonds. The van der Waals surface area contributed by atoms with Crippen molar-refractivity contribution in [2.45, 2.75) is 13.2 Å². The molecule has 0 fully saturated rings. The van der Waals surface area contributed by atoms with Gasteiger partial charge in [-0.05, 0) is 6.07 Å². The first-order valence-electron chi connectivity index (χ1n) is 6.70. The molecule has 2 aromatic rings. The monoisotopic (exact) mass is 279 g/mol. The molecule has 0 atom stereocenters. The number of nitrogens with two attached hydrogens (primary N) is 1. The van der Waals surface area contributed by atoms with Gasteiger partial charge in [-0.25, -0.2) is 0 Å². The van der Waals surface area contributed by atoms with Crippen molar-refractivity contribution >= 4 is 11.0 Å². The van der Waals surface area contributed by atoms with Gasteiger partial charge in [0.1, 0.15) is 18.0 Å². The maximum absolute atomic E-state index is 5.79. The highest BCUT2D eigenvalue weighted by molar-refractivity contribution is 5.82. The normalized spacial score (nSPS) is 11.3. The van der Waals surface area contributed by atoms with Gasteiger partial charge in [0.05, 0.1) is 26.4 Å². The molecular formula is C15H21NO4. The molecule has 5 nitrogen and oxygen atoms in total. The molecule has 0 aliphatic rings. The molecule has 0 aliphatic heterocycles. The Morgan fingerprint density at radius 3 is 2.60 bits per heavy atom. The molecule has 0 aliphatic carbocycles. The van der Waals surface area contributed by atoms with E-state index in [2.05, 4.69) is 0 Å². The zero-order valence-corrected chi connectivity index (χ0v) is 11.8. The van der Waals surface area contributed by atoms with E-state index in [-0.39, 0.29) is 0 Å². The predicted octanol–water partition coefficient (Wildman–Crippen LogP) is 2.07. The Labute approximate surface area is 118 Å². The Bertz CT molecular complexity index is 524. The number of furan rings is 1. The van der Waals surface area contributed by atoms with Gasteiger partial charge in [0.15, 0.2) is 0 Å². The number of hydrogen-bond donors (Lipinski definition) is 1. The minimum atomic E-state index is 0.412. The van der Waals surface area contributed by atoms with E-state index in [1.165, 1.54) is 0 Å². The summed E-state index contributed by atoms with van der Waals surface area (Å²) in [7, 11) is 1.65. The predicted molar refractivity (Wildman–Crippen MR) is 76.5 cm³/mol. The van der Waals surface area contributed by atoms with Gasteiger partial charge in [0, 0.05) is 24.6 Å². The lowest BCUT2D eigenvalue weighted by atomic mass is 10.1. The third-order valence-corrected chi connectivity index (χ3v) is 3.02. The van der Waals surface area contributed by atoms with Gasteiger partial charge in [-0.15, -0.1) is 0 Å². The van der Waals surface area contributed by atoms with Crippen LogP contribution in [0.15, 0.2) is 28.7 Å². The fraction of sp³-hybridized carbons (Fsp3) is 0.467. The molecule has 0 saturated heterocycles. The third-order valence-electron chi connectivity index (χ3n) is 3.02. The van der Waals surface area contributed by atoms with Crippen molar-refractivity contribution in [1.82, 2.24) is 0 Å². The molecule has 0 bridgehead atoms. The van der Waals surface area contributed by atoms with Crippen LogP contribution in [0.3, 0.4) is 0 Å². The molecule has 2 N–H and O–H groups in total. The average molecular weight is 279 g/mol. The first kappa shape index (κ1) is 15.0. The molecule has 1 heterocycles. The average Bonchev–Trinajstić information content (AvgIpc) is 2.83. The van der Waals surface area contributed by atoms with E-state index in [1.807, 2.05) is 24.3 Å². The Balaban J connectivity index is 1.83. The van der Waals surface area contributed by atoms with Crippen LogP contribution in [0.1, 0.15) is 11.3 Å². The molecule has 1 aromatic carbocycles. The molecule has 20 heavy (non-hydrogen) atoms. The second-order valence-corrected chi connectivity index (χ2v) is 4.36. The summed E-state index contributed by atoms with van der Waals surface area (Å²) in [5, 5.41) is 1.06. The lowest BCUT2D eigenvalue weighted by molar-refractivity contribution is 0.0162. The molecule has 2 rings (SSSR count). The van der Waals surface area contributed by atoms with E-state index < -0.39 is 0 Å². The third kappa shape index (κ3) is 3.80. The summed E-state index contributed by atoms with van der Waals surface area (Å²) >= 11 is 0.